The SMILES string of the molecule is NC(=O)C(Nc1ccccc1CO)c1ccccc1. The van der Waals surface area contributed by atoms with E-state index in [-0.39, 0.29) is 6.61 Å². The predicted molar refractivity (Wildman–Crippen MR) is 74.4 cm³/mol. The summed E-state index contributed by atoms with van der Waals surface area (Å²) in [6, 6.07) is 15.9. The normalized spacial score (nSPS) is 11.8. The third kappa shape index (κ3) is 3.11. The maximum atomic E-state index is 11.6. The van der Waals surface area contributed by atoms with Crippen molar-refractivity contribution in [3.05, 3.63) is 65.7 Å². The van der Waals surface area contributed by atoms with Crippen LogP contribution in [0, 0.1) is 0 Å². The van der Waals surface area contributed by atoms with Gasteiger partial charge < -0.3 is 16.2 Å². The molecule has 4 N–H and O–H groups in total. The molecule has 4 heteroatoms. The summed E-state index contributed by atoms with van der Waals surface area (Å²) < 4.78 is 0. The molecule has 2 aromatic rings. The second-order valence-corrected chi connectivity index (χ2v) is 4.21. The van der Waals surface area contributed by atoms with E-state index < -0.39 is 11.9 Å². The fourth-order valence-corrected chi connectivity index (χ4v) is 1.92. The molecule has 1 atom stereocenters. The highest BCUT2D eigenvalue weighted by Crippen LogP contribution is 2.22. The summed E-state index contributed by atoms with van der Waals surface area (Å²) in [6.07, 6.45) is 0. The number of hydrogen-bond donors (Lipinski definition) is 3. The molecule has 0 aromatic heterocycles. The Balaban J connectivity index is 2.30. The minimum atomic E-state index is -0.617. The standard InChI is InChI=1S/C15H16N2O2/c16-15(19)14(11-6-2-1-3-7-11)17-13-9-5-4-8-12(13)10-18/h1-9,14,17-18H,10H2,(H2,16,19). The van der Waals surface area contributed by atoms with Gasteiger partial charge >= 0.3 is 0 Å². The molecule has 2 aromatic carbocycles. The highest BCUT2D eigenvalue weighted by Gasteiger charge is 2.18. The zero-order valence-corrected chi connectivity index (χ0v) is 10.4. The number of hydrogen-bond acceptors (Lipinski definition) is 3. The Morgan fingerprint density at radius 1 is 1.11 bits per heavy atom. The number of amides is 1. The van der Waals surface area contributed by atoms with Crippen molar-refractivity contribution in [2.45, 2.75) is 12.6 Å². The van der Waals surface area contributed by atoms with E-state index in [0.717, 1.165) is 11.1 Å². The molecule has 1 amide bonds. The van der Waals surface area contributed by atoms with Gasteiger partial charge in [-0.3, -0.25) is 4.79 Å². The monoisotopic (exact) mass is 256 g/mol. The maximum Gasteiger partial charge on any atom is 0.244 e. The Kier molecular flexibility index (Phi) is 4.15. The molecule has 19 heavy (non-hydrogen) atoms. The second kappa shape index (κ2) is 6.02. The van der Waals surface area contributed by atoms with Gasteiger partial charge in [-0.05, 0) is 11.6 Å². The highest BCUT2D eigenvalue weighted by molar-refractivity contribution is 5.84. The number of rotatable bonds is 5. The molecule has 4 nitrogen and oxygen atoms in total. The van der Waals surface area contributed by atoms with Crippen molar-refractivity contribution >= 4 is 11.6 Å². The van der Waals surface area contributed by atoms with Gasteiger partial charge in [-0.25, -0.2) is 0 Å². The van der Waals surface area contributed by atoms with Crippen LogP contribution in [0.15, 0.2) is 54.6 Å². The van der Waals surface area contributed by atoms with Gasteiger partial charge in [0.1, 0.15) is 6.04 Å². The molecule has 0 heterocycles. The van der Waals surface area contributed by atoms with E-state index >= 15 is 0 Å². The Hall–Kier alpha value is -2.33. The number of nitrogens with two attached hydrogens (primary N) is 1. The second-order valence-electron chi connectivity index (χ2n) is 4.21. The van der Waals surface area contributed by atoms with Crippen molar-refractivity contribution in [1.29, 1.82) is 0 Å². The van der Waals surface area contributed by atoms with E-state index in [0.29, 0.717) is 5.69 Å². The molecule has 0 aliphatic carbocycles. The first-order valence-corrected chi connectivity index (χ1v) is 6.02. The van der Waals surface area contributed by atoms with E-state index in [9.17, 15) is 9.90 Å². The first-order valence-electron chi connectivity index (χ1n) is 6.02. The van der Waals surface area contributed by atoms with Crippen LogP contribution in [0.5, 0.6) is 0 Å². The van der Waals surface area contributed by atoms with Crippen LogP contribution in [0.25, 0.3) is 0 Å². The predicted octanol–water partition coefficient (Wildman–Crippen LogP) is 1.82. The lowest BCUT2D eigenvalue weighted by atomic mass is 10.1. The molecule has 0 aliphatic rings. The van der Waals surface area contributed by atoms with Gasteiger partial charge in [-0.15, -0.1) is 0 Å². The lowest BCUT2D eigenvalue weighted by molar-refractivity contribution is -0.118. The molecular weight excluding hydrogens is 240 g/mol. The summed E-state index contributed by atoms with van der Waals surface area (Å²) in [4.78, 5) is 11.6. The van der Waals surface area contributed by atoms with Crippen LogP contribution in [0.3, 0.4) is 0 Å². The third-order valence-electron chi connectivity index (χ3n) is 2.90. The van der Waals surface area contributed by atoms with Gasteiger partial charge in [0.2, 0.25) is 5.91 Å². The van der Waals surface area contributed by atoms with E-state index in [2.05, 4.69) is 5.32 Å². The molecule has 0 aliphatic heterocycles. The average molecular weight is 256 g/mol. The fourth-order valence-electron chi connectivity index (χ4n) is 1.92. The molecule has 98 valence electrons. The molecule has 0 spiro atoms. The van der Waals surface area contributed by atoms with E-state index in [1.807, 2.05) is 48.5 Å². The van der Waals surface area contributed by atoms with Crippen molar-refractivity contribution in [2.75, 3.05) is 5.32 Å². The quantitative estimate of drug-likeness (QED) is 0.763. The van der Waals surface area contributed by atoms with Crippen LogP contribution in [0.1, 0.15) is 17.2 Å². The molecule has 0 radical (unpaired) electrons. The van der Waals surface area contributed by atoms with Gasteiger partial charge in [-0.2, -0.15) is 0 Å². The van der Waals surface area contributed by atoms with Crippen molar-refractivity contribution in [1.82, 2.24) is 0 Å². The van der Waals surface area contributed by atoms with Gasteiger partial charge in [0, 0.05) is 11.3 Å². The molecular formula is C15H16N2O2. The van der Waals surface area contributed by atoms with Crippen LogP contribution in [-0.2, 0) is 11.4 Å². The lowest BCUT2D eigenvalue weighted by Crippen LogP contribution is -2.28. The third-order valence-corrected chi connectivity index (χ3v) is 2.90. The topological polar surface area (TPSA) is 75.4 Å². The maximum absolute atomic E-state index is 11.6. The highest BCUT2D eigenvalue weighted by atomic mass is 16.3. The fraction of sp³-hybridized carbons (Fsp3) is 0.133. The van der Waals surface area contributed by atoms with E-state index in [1.165, 1.54) is 0 Å². The Labute approximate surface area is 111 Å². The molecule has 2 rings (SSSR count). The minimum Gasteiger partial charge on any atom is -0.392 e. The Morgan fingerprint density at radius 2 is 1.74 bits per heavy atom. The zero-order chi connectivity index (χ0) is 13.7. The van der Waals surface area contributed by atoms with Crippen LogP contribution >= 0.6 is 0 Å². The van der Waals surface area contributed by atoms with E-state index in [1.54, 1.807) is 6.07 Å². The number of carbonyl (C=O) groups is 1. The largest absolute Gasteiger partial charge is 0.392 e. The molecule has 1 unspecified atom stereocenters. The number of nitrogens with one attached hydrogen (secondary N) is 1. The number of aliphatic hydroxyl groups is 1. The first kappa shape index (κ1) is 13.1. The zero-order valence-electron chi connectivity index (χ0n) is 10.4. The number of para-hydroxylation sites is 1. The summed E-state index contributed by atoms with van der Waals surface area (Å²) in [6.45, 7) is -0.0938. The van der Waals surface area contributed by atoms with Gasteiger partial charge in [0.25, 0.3) is 0 Å². The summed E-state index contributed by atoms with van der Waals surface area (Å²) in [5.74, 6) is -0.459. The van der Waals surface area contributed by atoms with Crippen LogP contribution in [-0.4, -0.2) is 11.0 Å². The molecule has 0 saturated heterocycles. The van der Waals surface area contributed by atoms with Crippen molar-refractivity contribution in [3.63, 3.8) is 0 Å². The smallest absolute Gasteiger partial charge is 0.244 e. The Bertz CT molecular complexity index is 555. The lowest BCUT2D eigenvalue weighted by Gasteiger charge is -2.19. The average Bonchev–Trinajstić information content (AvgIpc) is 2.45. The molecule has 0 saturated carbocycles. The first-order chi connectivity index (χ1) is 9.22. The number of carbonyl (C=O) groups excluding carboxylic acids is 1. The Morgan fingerprint density at radius 3 is 2.37 bits per heavy atom. The number of primary amides is 1. The summed E-state index contributed by atoms with van der Waals surface area (Å²) in [7, 11) is 0. The molecule has 0 fully saturated rings. The minimum absolute atomic E-state index is 0.0938. The summed E-state index contributed by atoms with van der Waals surface area (Å²) in [5, 5.41) is 12.4. The number of anilines is 1. The van der Waals surface area contributed by atoms with Crippen molar-refractivity contribution in [3.8, 4) is 0 Å². The van der Waals surface area contributed by atoms with Gasteiger partial charge in [0.05, 0.1) is 6.61 Å². The van der Waals surface area contributed by atoms with Crippen LogP contribution in [0.4, 0.5) is 5.69 Å². The summed E-state index contributed by atoms with van der Waals surface area (Å²) >= 11 is 0. The number of aliphatic hydroxyl groups excluding tert-OH is 1. The molecule has 0 bridgehead atoms. The van der Waals surface area contributed by atoms with E-state index in [4.69, 9.17) is 5.73 Å². The van der Waals surface area contributed by atoms with Crippen molar-refractivity contribution in [2.24, 2.45) is 5.73 Å². The summed E-state index contributed by atoms with van der Waals surface area (Å²) in [5.41, 5.74) is 7.67. The van der Waals surface area contributed by atoms with Crippen LogP contribution < -0.4 is 11.1 Å². The van der Waals surface area contributed by atoms with Gasteiger partial charge in [0.15, 0.2) is 0 Å². The van der Waals surface area contributed by atoms with Gasteiger partial charge in [-0.1, -0.05) is 48.5 Å². The van der Waals surface area contributed by atoms with Crippen LogP contribution in [0.2, 0.25) is 0 Å². The number of benzene rings is 2. The van der Waals surface area contributed by atoms with Crippen molar-refractivity contribution < 1.29 is 9.90 Å².